The maximum atomic E-state index is 12.4. The number of nitrogens with one attached hydrogen (secondary N) is 1. The predicted molar refractivity (Wildman–Crippen MR) is 93.4 cm³/mol. The van der Waals surface area contributed by atoms with E-state index in [1.807, 2.05) is 42.3 Å². The Morgan fingerprint density at radius 1 is 1.30 bits per heavy atom. The molecule has 0 aliphatic carbocycles. The smallest absolute Gasteiger partial charge is 0.264 e. The minimum atomic E-state index is 0.123. The number of amides is 1. The van der Waals surface area contributed by atoms with Crippen molar-refractivity contribution in [2.45, 2.75) is 13.8 Å². The molecule has 0 spiro atoms. The third-order valence-corrected chi connectivity index (χ3v) is 4.64. The highest BCUT2D eigenvalue weighted by Gasteiger charge is 2.24. The molecule has 0 saturated carbocycles. The van der Waals surface area contributed by atoms with Crippen molar-refractivity contribution in [1.82, 2.24) is 14.9 Å². The number of nitrogens with zero attached hydrogens (tertiary/aromatic N) is 4. The highest BCUT2D eigenvalue weighted by Crippen LogP contribution is 2.18. The number of piperazine rings is 1. The summed E-state index contributed by atoms with van der Waals surface area (Å²) in [4.78, 5) is 26.3. The molecule has 0 unspecified atom stereocenters. The Bertz CT molecular complexity index is 665. The van der Waals surface area contributed by atoms with Gasteiger partial charge in [-0.2, -0.15) is 4.98 Å². The van der Waals surface area contributed by atoms with Gasteiger partial charge in [-0.15, -0.1) is 11.3 Å². The molecule has 1 fully saturated rings. The summed E-state index contributed by atoms with van der Waals surface area (Å²) in [5.41, 5.74) is 0.947. The molecule has 6 nitrogen and oxygen atoms in total. The first-order valence-electron chi connectivity index (χ1n) is 7.84. The normalized spacial score (nSPS) is 14.9. The minimum Gasteiger partial charge on any atom is -0.370 e. The van der Waals surface area contributed by atoms with Crippen LogP contribution in [0.15, 0.2) is 23.6 Å². The average molecular weight is 331 g/mol. The first kappa shape index (κ1) is 15.7. The van der Waals surface area contributed by atoms with E-state index < -0.39 is 0 Å². The lowest BCUT2D eigenvalue weighted by atomic mass is 10.3. The van der Waals surface area contributed by atoms with Crippen molar-refractivity contribution in [2.24, 2.45) is 0 Å². The summed E-state index contributed by atoms with van der Waals surface area (Å²) >= 11 is 1.49. The second kappa shape index (κ2) is 6.95. The van der Waals surface area contributed by atoms with Gasteiger partial charge in [0.1, 0.15) is 5.82 Å². The molecule has 1 aliphatic rings. The van der Waals surface area contributed by atoms with Crippen molar-refractivity contribution in [1.29, 1.82) is 0 Å². The van der Waals surface area contributed by atoms with Crippen LogP contribution in [0, 0.1) is 6.92 Å². The molecule has 1 N–H and O–H groups in total. The fraction of sp³-hybridized carbons (Fsp3) is 0.438. The van der Waals surface area contributed by atoms with Gasteiger partial charge in [0, 0.05) is 44.5 Å². The van der Waals surface area contributed by atoms with Crippen LogP contribution < -0.4 is 10.2 Å². The third-order valence-electron chi connectivity index (χ3n) is 3.78. The summed E-state index contributed by atoms with van der Waals surface area (Å²) in [6.45, 7) is 7.76. The van der Waals surface area contributed by atoms with E-state index >= 15 is 0 Å². The molecule has 0 bridgehead atoms. The van der Waals surface area contributed by atoms with E-state index in [0.29, 0.717) is 13.1 Å². The van der Waals surface area contributed by atoms with Gasteiger partial charge in [-0.3, -0.25) is 4.79 Å². The molecule has 3 heterocycles. The zero-order chi connectivity index (χ0) is 16.2. The number of hydrogen-bond acceptors (Lipinski definition) is 6. The lowest BCUT2D eigenvalue weighted by Crippen LogP contribution is -2.49. The van der Waals surface area contributed by atoms with E-state index in [1.54, 1.807) is 0 Å². The van der Waals surface area contributed by atoms with Gasteiger partial charge in [0.2, 0.25) is 5.95 Å². The number of carbonyl (C=O) groups excluding carboxylic acids is 1. The molecule has 1 amide bonds. The summed E-state index contributed by atoms with van der Waals surface area (Å²) in [5, 5.41) is 5.17. The van der Waals surface area contributed by atoms with Crippen LogP contribution in [0.5, 0.6) is 0 Å². The second-order valence-corrected chi connectivity index (χ2v) is 6.43. The largest absolute Gasteiger partial charge is 0.370 e. The van der Waals surface area contributed by atoms with Gasteiger partial charge in [0.05, 0.1) is 4.88 Å². The van der Waals surface area contributed by atoms with Crippen molar-refractivity contribution < 1.29 is 4.79 Å². The van der Waals surface area contributed by atoms with Crippen molar-refractivity contribution >= 4 is 29.0 Å². The lowest BCUT2D eigenvalue weighted by molar-refractivity contribution is 0.0751. The molecule has 122 valence electrons. The van der Waals surface area contributed by atoms with Gasteiger partial charge >= 0.3 is 0 Å². The molecular weight excluding hydrogens is 310 g/mol. The fourth-order valence-corrected chi connectivity index (χ4v) is 3.32. The van der Waals surface area contributed by atoms with Crippen LogP contribution in [-0.4, -0.2) is 53.5 Å². The van der Waals surface area contributed by atoms with Crippen LogP contribution in [0.1, 0.15) is 22.3 Å². The van der Waals surface area contributed by atoms with Gasteiger partial charge in [-0.25, -0.2) is 4.98 Å². The number of anilines is 2. The van der Waals surface area contributed by atoms with Crippen LogP contribution in [-0.2, 0) is 0 Å². The average Bonchev–Trinajstić information content (AvgIpc) is 3.08. The van der Waals surface area contributed by atoms with E-state index in [2.05, 4.69) is 20.2 Å². The Kier molecular flexibility index (Phi) is 4.76. The van der Waals surface area contributed by atoms with Crippen LogP contribution >= 0.6 is 11.3 Å². The van der Waals surface area contributed by atoms with Gasteiger partial charge in [0.25, 0.3) is 5.91 Å². The van der Waals surface area contributed by atoms with Gasteiger partial charge in [-0.05, 0) is 25.3 Å². The van der Waals surface area contributed by atoms with Crippen LogP contribution in [0.4, 0.5) is 11.8 Å². The predicted octanol–water partition coefficient (Wildman–Crippen LogP) is 2.24. The molecule has 3 rings (SSSR count). The van der Waals surface area contributed by atoms with Gasteiger partial charge in [-0.1, -0.05) is 6.07 Å². The van der Waals surface area contributed by atoms with E-state index in [-0.39, 0.29) is 5.91 Å². The Hall–Kier alpha value is -2.15. The zero-order valence-electron chi connectivity index (χ0n) is 13.5. The van der Waals surface area contributed by atoms with Crippen molar-refractivity contribution in [3.05, 3.63) is 34.2 Å². The van der Waals surface area contributed by atoms with Crippen molar-refractivity contribution in [3.8, 4) is 0 Å². The van der Waals surface area contributed by atoms with Crippen molar-refractivity contribution in [3.63, 3.8) is 0 Å². The maximum absolute atomic E-state index is 12.4. The first-order chi connectivity index (χ1) is 11.2. The standard InChI is InChI=1S/C16H21N5OS/c1-3-17-14-11-12(2)18-16(19-14)21-8-6-20(7-9-21)15(22)13-5-4-10-23-13/h4-5,10-11H,3,6-9H2,1-2H3,(H,17,18,19). The zero-order valence-corrected chi connectivity index (χ0v) is 14.3. The summed E-state index contributed by atoms with van der Waals surface area (Å²) in [6, 6.07) is 5.74. The lowest BCUT2D eigenvalue weighted by Gasteiger charge is -2.34. The number of thiophene rings is 1. The summed E-state index contributed by atoms with van der Waals surface area (Å²) in [6.07, 6.45) is 0. The van der Waals surface area contributed by atoms with Crippen LogP contribution in [0.25, 0.3) is 0 Å². The fourth-order valence-electron chi connectivity index (χ4n) is 2.63. The SMILES string of the molecule is CCNc1cc(C)nc(N2CCN(C(=O)c3cccs3)CC2)n1. The summed E-state index contributed by atoms with van der Waals surface area (Å²) in [7, 11) is 0. The molecular formula is C16H21N5OS. The van der Waals surface area contributed by atoms with E-state index in [4.69, 9.17) is 0 Å². The van der Waals surface area contributed by atoms with Crippen LogP contribution in [0.3, 0.4) is 0 Å². The van der Waals surface area contributed by atoms with E-state index in [9.17, 15) is 4.79 Å². The minimum absolute atomic E-state index is 0.123. The number of carbonyl (C=O) groups is 1. The van der Waals surface area contributed by atoms with Crippen LogP contribution in [0.2, 0.25) is 0 Å². The summed E-state index contributed by atoms with van der Waals surface area (Å²) < 4.78 is 0. The number of aryl methyl sites for hydroxylation is 1. The quantitative estimate of drug-likeness (QED) is 0.931. The highest BCUT2D eigenvalue weighted by molar-refractivity contribution is 7.12. The highest BCUT2D eigenvalue weighted by atomic mass is 32.1. The molecule has 0 radical (unpaired) electrons. The number of aromatic nitrogens is 2. The van der Waals surface area contributed by atoms with Crippen molar-refractivity contribution in [2.75, 3.05) is 42.9 Å². The second-order valence-electron chi connectivity index (χ2n) is 5.48. The molecule has 0 aromatic carbocycles. The third kappa shape index (κ3) is 3.61. The molecule has 23 heavy (non-hydrogen) atoms. The Labute approximate surface area is 140 Å². The van der Waals surface area contributed by atoms with Gasteiger partial charge in [0.15, 0.2) is 0 Å². The monoisotopic (exact) mass is 331 g/mol. The number of hydrogen-bond donors (Lipinski definition) is 1. The topological polar surface area (TPSA) is 61.4 Å². The van der Waals surface area contributed by atoms with Gasteiger partial charge < -0.3 is 15.1 Å². The molecule has 2 aromatic heterocycles. The van der Waals surface area contributed by atoms with E-state index in [1.165, 1.54) is 11.3 Å². The molecule has 1 saturated heterocycles. The Morgan fingerprint density at radius 3 is 2.74 bits per heavy atom. The summed E-state index contributed by atoms with van der Waals surface area (Å²) in [5.74, 6) is 1.72. The maximum Gasteiger partial charge on any atom is 0.264 e. The Morgan fingerprint density at radius 2 is 2.09 bits per heavy atom. The van der Waals surface area contributed by atoms with E-state index in [0.717, 1.165) is 42.0 Å². The molecule has 2 aromatic rings. The Balaban J connectivity index is 1.66. The molecule has 1 aliphatic heterocycles. The number of rotatable bonds is 4. The molecule has 7 heteroatoms. The molecule has 0 atom stereocenters. The first-order valence-corrected chi connectivity index (χ1v) is 8.72.